The van der Waals surface area contributed by atoms with Crippen molar-refractivity contribution in [3.05, 3.63) is 55.1 Å². The van der Waals surface area contributed by atoms with E-state index in [-0.39, 0.29) is 5.38 Å². The van der Waals surface area contributed by atoms with Gasteiger partial charge in [-0.3, -0.25) is 0 Å². The predicted molar refractivity (Wildman–Crippen MR) is 75.9 cm³/mol. The van der Waals surface area contributed by atoms with E-state index in [1.54, 1.807) is 11.3 Å². The van der Waals surface area contributed by atoms with Crippen molar-refractivity contribution in [1.82, 2.24) is 0 Å². The highest BCUT2D eigenvalue weighted by Gasteiger charge is 2.15. The Morgan fingerprint density at radius 2 is 2.00 bits per heavy atom. The molecular formula is C12H9BrCl2S. The molecule has 4 heteroatoms. The van der Waals surface area contributed by atoms with Crippen LogP contribution < -0.4 is 0 Å². The molecule has 0 radical (unpaired) electrons. The van der Waals surface area contributed by atoms with Crippen molar-refractivity contribution in [2.45, 2.75) is 12.3 Å². The quantitative estimate of drug-likeness (QED) is 0.608. The second-order valence-corrected chi connectivity index (χ2v) is 6.87. The Hall–Kier alpha value is -0.0200. The standard InChI is InChI=1S/C12H9BrCl2S/c1-7-2-3-8(14)6-9(7)12(15)10-4-5-11(13)16-10/h2-6,12H,1H3. The fourth-order valence-electron chi connectivity index (χ4n) is 1.50. The molecule has 0 fully saturated rings. The third-order valence-corrected chi connectivity index (χ3v) is 4.88. The van der Waals surface area contributed by atoms with E-state index in [0.29, 0.717) is 0 Å². The summed E-state index contributed by atoms with van der Waals surface area (Å²) in [6, 6.07) is 9.86. The Balaban J connectivity index is 2.40. The van der Waals surface area contributed by atoms with Gasteiger partial charge < -0.3 is 0 Å². The van der Waals surface area contributed by atoms with Crippen LogP contribution in [0, 0.1) is 6.92 Å². The second kappa shape index (κ2) is 5.09. The van der Waals surface area contributed by atoms with Gasteiger partial charge in [0.1, 0.15) is 0 Å². The first-order chi connectivity index (χ1) is 7.58. The van der Waals surface area contributed by atoms with Gasteiger partial charge in [-0.1, -0.05) is 17.7 Å². The van der Waals surface area contributed by atoms with Crippen LogP contribution in [0.15, 0.2) is 34.1 Å². The number of halogens is 3. The smallest absolute Gasteiger partial charge is 0.0931 e. The third kappa shape index (κ3) is 2.62. The first kappa shape index (κ1) is 12.4. The number of aryl methyl sites for hydroxylation is 1. The van der Waals surface area contributed by atoms with E-state index in [0.717, 1.165) is 24.8 Å². The minimum Gasteiger partial charge on any atom is -0.131 e. The predicted octanol–water partition coefficient (Wildman–Crippen LogP) is 5.80. The topological polar surface area (TPSA) is 0 Å². The van der Waals surface area contributed by atoms with E-state index >= 15 is 0 Å². The molecule has 84 valence electrons. The summed E-state index contributed by atoms with van der Waals surface area (Å²) in [6.07, 6.45) is 0. The summed E-state index contributed by atoms with van der Waals surface area (Å²) < 4.78 is 1.09. The maximum absolute atomic E-state index is 6.45. The highest BCUT2D eigenvalue weighted by Crippen LogP contribution is 2.37. The lowest BCUT2D eigenvalue weighted by Crippen LogP contribution is -1.93. The van der Waals surface area contributed by atoms with Gasteiger partial charge in [-0.05, 0) is 58.2 Å². The Kier molecular flexibility index (Phi) is 3.96. The number of alkyl halides is 1. The second-order valence-electron chi connectivity index (χ2n) is 3.51. The lowest BCUT2D eigenvalue weighted by Gasteiger charge is -2.11. The highest BCUT2D eigenvalue weighted by atomic mass is 79.9. The minimum atomic E-state index is -0.130. The van der Waals surface area contributed by atoms with E-state index < -0.39 is 0 Å². The summed E-state index contributed by atoms with van der Waals surface area (Å²) in [5.41, 5.74) is 2.23. The van der Waals surface area contributed by atoms with Gasteiger partial charge in [-0.25, -0.2) is 0 Å². The minimum absolute atomic E-state index is 0.130. The molecule has 0 saturated heterocycles. The van der Waals surface area contributed by atoms with Gasteiger partial charge in [0, 0.05) is 9.90 Å². The molecule has 0 aliphatic carbocycles. The molecule has 1 atom stereocenters. The molecule has 2 rings (SSSR count). The van der Waals surface area contributed by atoms with Crippen LogP contribution in [0.2, 0.25) is 5.02 Å². The van der Waals surface area contributed by atoms with E-state index in [1.165, 1.54) is 0 Å². The summed E-state index contributed by atoms with van der Waals surface area (Å²) >= 11 is 17.5. The van der Waals surface area contributed by atoms with Crippen LogP contribution in [-0.4, -0.2) is 0 Å². The lowest BCUT2D eigenvalue weighted by molar-refractivity contribution is 1.15. The van der Waals surface area contributed by atoms with Crippen LogP contribution >= 0.6 is 50.5 Å². The zero-order valence-corrected chi connectivity index (χ0v) is 12.4. The van der Waals surface area contributed by atoms with Crippen LogP contribution in [0.3, 0.4) is 0 Å². The Bertz CT molecular complexity index is 507. The Morgan fingerprint density at radius 1 is 1.25 bits per heavy atom. The van der Waals surface area contributed by atoms with Crippen LogP contribution in [0.1, 0.15) is 21.4 Å². The molecule has 1 aromatic carbocycles. The van der Waals surface area contributed by atoms with E-state index in [4.69, 9.17) is 23.2 Å². The van der Waals surface area contributed by atoms with Crippen molar-refractivity contribution >= 4 is 50.5 Å². The number of hydrogen-bond acceptors (Lipinski definition) is 1. The fourth-order valence-corrected chi connectivity index (χ4v) is 3.54. The van der Waals surface area contributed by atoms with Gasteiger partial charge in [-0.2, -0.15) is 0 Å². The molecule has 0 N–H and O–H groups in total. The van der Waals surface area contributed by atoms with Crippen molar-refractivity contribution in [3.8, 4) is 0 Å². The van der Waals surface area contributed by atoms with Gasteiger partial charge in [0.05, 0.1) is 9.16 Å². The van der Waals surface area contributed by atoms with Crippen molar-refractivity contribution in [1.29, 1.82) is 0 Å². The molecule has 0 aliphatic heterocycles. The summed E-state index contributed by atoms with van der Waals surface area (Å²) in [5.74, 6) is 0. The molecule has 1 aromatic heterocycles. The monoisotopic (exact) mass is 334 g/mol. The average molecular weight is 336 g/mol. The fraction of sp³-hybridized carbons (Fsp3) is 0.167. The largest absolute Gasteiger partial charge is 0.131 e. The van der Waals surface area contributed by atoms with E-state index in [1.807, 2.05) is 37.3 Å². The molecule has 0 bridgehead atoms. The van der Waals surface area contributed by atoms with Gasteiger partial charge in [0.2, 0.25) is 0 Å². The van der Waals surface area contributed by atoms with Gasteiger partial charge in [0.25, 0.3) is 0 Å². The van der Waals surface area contributed by atoms with Crippen molar-refractivity contribution in [2.75, 3.05) is 0 Å². The average Bonchev–Trinajstić information content (AvgIpc) is 2.67. The molecule has 1 unspecified atom stereocenters. The summed E-state index contributed by atoms with van der Waals surface area (Å²) in [5, 5.41) is 0.594. The maximum Gasteiger partial charge on any atom is 0.0931 e. The third-order valence-electron chi connectivity index (χ3n) is 2.36. The molecule has 0 spiro atoms. The molecule has 16 heavy (non-hydrogen) atoms. The van der Waals surface area contributed by atoms with Crippen LogP contribution in [0.5, 0.6) is 0 Å². The number of hydrogen-bond donors (Lipinski definition) is 0. The van der Waals surface area contributed by atoms with Gasteiger partial charge >= 0.3 is 0 Å². The lowest BCUT2D eigenvalue weighted by atomic mass is 10.0. The van der Waals surface area contributed by atoms with Gasteiger partial charge in [0.15, 0.2) is 0 Å². The van der Waals surface area contributed by atoms with Crippen molar-refractivity contribution < 1.29 is 0 Å². The Labute approximate surface area is 117 Å². The van der Waals surface area contributed by atoms with Crippen molar-refractivity contribution in [3.63, 3.8) is 0 Å². The normalized spacial score (nSPS) is 12.8. The number of rotatable bonds is 2. The molecule has 0 aliphatic rings. The highest BCUT2D eigenvalue weighted by molar-refractivity contribution is 9.11. The maximum atomic E-state index is 6.45. The molecule has 0 nitrogen and oxygen atoms in total. The molecule has 2 aromatic rings. The molecule has 0 amide bonds. The van der Waals surface area contributed by atoms with Crippen LogP contribution in [0.4, 0.5) is 0 Å². The molecule has 0 saturated carbocycles. The van der Waals surface area contributed by atoms with Crippen LogP contribution in [0.25, 0.3) is 0 Å². The number of benzene rings is 1. The van der Waals surface area contributed by atoms with E-state index in [9.17, 15) is 0 Å². The molecular weight excluding hydrogens is 327 g/mol. The van der Waals surface area contributed by atoms with Crippen LogP contribution in [-0.2, 0) is 0 Å². The SMILES string of the molecule is Cc1ccc(Cl)cc1C(Cl)c1ccc(Br)s1. The van der Waals surface area contributed by atoms with E-state index in [2.05, 4.69) is 15.9 Å². The molecule has 1 heterocycles. The summed E-state index contributed by atoms with van der Waals surface area (Å²) in [4.78, 5) is 1.12. The zero-order valence-electron chi connectivity index (χ0n) is 8.51. The first-order valence-electron chi connectivity index (χ1n) is 4.73. The first-order valence-corrected chi connectivity index (χ1v) is 7.15. The van der Waals surface area contributed by atoms with Gasteiger partial charge in [-0.15, -0.1) is 22.9 Å². The number of thiophene rings is 1. The summed E-state index contributed by atoms with van der Waals surface area (Å²) in [6.45, 7) is 2.05. The summed E-state index contributed by atoms with van der Waals surface area (Å²) in [7, 11) is 0. The van der Waals surface area contributed by atoms with Crippen molar-refractivity contribution in [2.24, 2.45) is 0 Å². The zero-order chi connectivity index (χ0) is 11.7. The Morgan fingerprint density at radius 3 is 2.62 bits per heavy atom.